The second-order valence-corrected chi connectivity index (χ2v) is 8.19. The molecule has 1 saturated heterocycles. The van der Waals surface area contributed by atoms with Gasteiger partial charge in [0, 0.05) is 18.7 Å². The summed E-state index contributed by atoms with van der Waals surface area (Å²) in [5.41, 5.74) is 2.46. The Morgan fingerprint density at radius 1 is 1.08 bits per heavy atom. The van der Waals surface area contributed by atoms with Crippen LogP contribution in [0, 0.1) is 0 Å². The lowest BCUT2D eigenvalue weighted by molar-refractivity contribution is -0.116. The maximum Gasteiger partial charge on any atom is 0.235 e. The van der Waals surface area contributed by atoms with Gasteiger partial charge in [-0.25, -0.2) is 8.42 Å². The maximum absolute atomic E-state index is 12.1. The molecule has 1 amide bonds. The lowest BCUT2D eigenvalue weighted by Gasteiger charge is -2.17. The number of hydrogen-bond acceptors (Lipinski definition) is 3. The predicted molar refractivity (Wildman–Crippen MR) is 100 cm³/mol. The summed E-state index contributed by atoms with van der Waals surface area (Å²) in [6, 6.07) is 17.1. The Bertz CT molecular complexity index is 835. The number of sulfonamides is 1. The molecule has 0 aliphatic carbocycles. The van der Waals surface area contributed by atoms with Crippen LogP contribution in [-0.2, 0) is 21.2 Å². The van der Waals surface area contributed by atoms with Crippen molar-refractivity contribution in [1.82, 2.24) is 0 Å². The van der Waals surface area contributed by atoms with E-state index in [1.165, 1.54) is 9.87 Å². The molecule has 25 heavy (non-hydrogen) atoms. The van der Waals surface area contributed by atoms with Gasteiger partial charge in [0.1, 0.15) is 0 Å². The van der Waals surface area contributed by atoms with Gasteiger partial charge in [0.2, 0.25) is 15.9 Å². The van der Waals surface area contributed by atoms with Crippen LogP contribution in [0.5, 0.6) is 0 Å². The third-order valence-electron chi connectivity index (χ3n) is 4.23. The van der Waals surface area contributed by atoms with Crippen LogP contribution in [0.25, 0.3) is 0 Å². The van der Waals surface area contributed by atoms with Crippen LogP contribution >= 0.6 is 0 Å². The molecule has 132 valence electrons. The lowest BCUT2D eigenvalue weighted by atomic mass is 10.1. The van der Waals surface area contributed by atoms with Crippen molar-refractivity contribution in [2.45, 2.75) is 25.7 Å². The van der Waals surface area contributed by atoms with Crippen LogP contribution in [0.2, 0.25) is 0 Å². The molecule has 0 aromatic heterocycles. The zero-order valence-corrected chi connectivity index (χ0v) is 14.8. The largest absolute Gasteiger partial charge is 0.326 e. The molecule has 0 bridgehead atoms. The van der Waals surface area contributed by atoms with Crippen molar-refractivity contribution in [2.24, 2.45) is 0 Å². The first-order chi connectivity index (χ1) is 12.0. The van der Waals surface area contributed by atoms with Crippen LogP contribution < -0.4 is 9.62 Å². The van der Waals surface area contributed by atoms with Crippen molar-refractivity contribution in [2.75, 3.05) is 21.9 Å². The van der Waals surface area contributed by atoms with Gasteiger partial charge in [-0.3, -0.25) is 9.10 Å². The molecule has 0 saturated carbocycles. The van der Waals surface area contributed by atoms with Gasteiger partial charge < -0.3 is 5.32 Å². The summed E-state index contributed by atoms with van der Waals surface area (Å²) in [6.07, 6.45) is 2.70. The summed E-state index contributed by atoms with van der Waals surface area (Å²) in [4.78, 5) is 12.1. The number of nitrogens with zero attached hydrogens (tertiary/aromatic N) is 1. The van der Waals surface area contributed by atoms with Gasteiger partial charge in [-0.15, -0.1) is 0 Å². The molecule has 0 atom stereocenters. The SMILES string of the molecule is O=C(CCCc1ccccc1)Nc1cccc(N2CCCS2(=O)=O)c1. The van der Waals surface area contributed by atoms with Crippen molar-refractivity contribution < 1.29 is 13.2 Å². The Morgan fingerprint density at radius 2 is 1.88 bits per heavy atom. The number of aryl methyl sites for hydroxylation is 1. The summed E-state index contributed by atoms with van der Waals surface area (Å²) in [6.45, 7) is 0.497. The Hall–Kier alpha value is -2.34. The van der Waals surface area contributed by atoms with Crippen molar-refractivity contribution >= 4 is 27.3 Å². The minimum atomic E-state index is -3.21. The van der Waals surface area contributed by atoms with E-state index in [-0.39, 0.29) is 11.7 Å². The van der Waals surface area contributed by atoms with E-state index in [1.54, 1.807) is 24.3 Å². The summed E-state index contributed by atoms with van der Waals surface area (Å²) in [7, 11) is -3.21. The first-order valence-electron chi connectivity index (χ1n) is 8.49. The smallest absolute Gasteiger partial charge is 0.235 e. The monoisotopic (exact) mass is 358 g/mol. The van der Waals surface area contributed by atoms with Crippen molar-refractivity contribution in [1.29, 1.82) is 0 Å². The number of hydrogen-bond donors (Lipinski definition) is 1. The fraction of sp³-hybridized carbons (Fsp3) is 0.316. The van der Waals surface area contributed by atoms with Crippen molar-refractivity contribution in [3.63, 3.8) is 0 Å². The zero-order chi connectivity index (χ0) is 17.7. The third kappa shape index (κ3) is 4.60. The zero-order valence-electron chi connectivity index (χ0n) is 14.0. The molecule has 0 unspecified atom stereocenters. The molecule has 1 aliphatic heterocycles. The summed E-state index contributed by atoms with van der Waals surface area (Å²) >= 11 is 0. The van der Waals surface area contributed by atoms with E-state index in [0.29, 0.717) is 30.8 Å². The van der Waals surface area contributed by atoms with Gasteiger partial charge in [-0.1, -0.05) is 36.4 Å². The molecular formula is C19H22N2O3S. The minimum Gasteiger partial charge on any atom is -0.326 e. The average molecular weight is 358 g/mol. The lowest BCUT2D eigenvalue weighted by Crippen LogP contribution is -2.25. The van der Waals surface area contributed by atoms with Gasteiger partial charge in [0.15, 0.2) is 0 Å². The maximum atomic E-state index is 12.1. The molecular weight excluding hydrogens is 336 g/mol. The first-order valence-corrected chi connectivity index (χ1v) is 10.1. The first kappa shape index (κ1) is 17.5. The molecule has 0 spiro atoms. The van der Waals surface area contributed by atoms with Crippen molar-refractivity contribution in [3.8, 4) is 0 Å². The van der Waals surface area contributed by atoms with Crippen LogP contribution in [0.1, 0.15) is 24.8 Å². The Balaban J connectivity index is 1.56. The van der Waals surface area contributed by atoms with Gasteiger partial charge >= 0.3 is 0 Å². The van der Waals surface area contributed by atoms with Gasteiger partial charge in [-0.2, -0.15) is 0 Å². The molecule has 1 aliphatic rings. The quantitative estimate of drug-likeness (QED) is 0.862. The number of benzene rings is 2. The molecule has 1 fully saturated rings. The molecule has 6 heteroatoms. The van der Waals surface area contributed by atoms with Crippen LogP contribution in [0.15, 0.2) is 54.6 Å². The summed E-state index contributed by atoms with van der Waals surface area (Å²) < 4.78 is 25.4. The van der Waals surface area contributed by atoms with E-state index in [2.05, 4.69) is 17.4 Å². The molecule has 1 heterocycles. The Morgan fingerprint density at radius 3 is 2.60 bits per heavy atom. The normalized spacial score (nSPS) is 15.9. The standard InChI is InChI=1S/C19H22N2O3S/c22-19(12-4-9-16-7-2-1-3-8-16)20-17-10-5-11-18(15-17)21-13-6-14-25(21,23)24/h1-3,5,7-8,10-11,15H,4,6,9,12-14H2,(H,20,22). The third-order valence-corrected chi connectivity index (χ3v) is 6.10. The van der Waals surface area contributed by atoms with Gasteiger partial charge in [0.05, 0.1) is 11.4 Å². The average Bonchev–Trinajstić information content (AvgIpc) is 2.95. The summed E-state index contributed by atoms with van der Waals surface area (Å²) in [5.74, 6) is 0.126. The molecule has 0 radical (unpaired) electrons. The fourth-order valence-electron chi connectivity index (χ4n) is 2.99. The van der Waals surface area contributed by atoms with E-state index in [4.69, 9.17) is 0 Å². The number of anilines is 2. The highest BCUT2D eigenvalue weighted by molar-refractivity contribution is 7.93. The molecule has 5 nitrogen and oxygen atoms in total. The van der Waals surface area contributed by atoms with E-state index >= 15 is 0 Å². The predicted octanol–water partition coefficient (Wildman–Crippen LogP) is 3.19. The number of amides is 1. The highest BCUT2D eigenvalue weighted by Gasteiger charge is 2.28. The highest BCUT2D eigenvalue weighted by Crippen LogP contribution is 2.26. The number of nitrogens with one attached hydrogen (secondary N) is 1. The van der Waals surface area contributed by atoms with E-state index in [1.807, 2.05) is 18.2 Å². The van der Waals surface area contributed by atoms with Crippen LogP contribution in [0.4, 0.5) is 11.4 Å². The topological polar surface area (TPSA) is 66.5 Å². The Labute approximate surface area is 148 Å². The van der Waals surface area contributed by atoms with E-state index in [9.17, 15) is 13.2 Å². The van der Waals surface area contributed by atoms with Crippen LogP contribution in [-0.4, -0.2) is 26.6 Å². The number of rotatable bonds is 6. The molecule has 3 rings (SSSR count). The van der Waals surface area contributed by atoms with E-state index < -0.39 is 10.0 Å². The molecule has 2 aromatic carbocycles. The fourth-order valence-corrected chi connectivity index (χ4v) is 4.55. The number of carbonyl (C=O) groups excluding carboxylic acids is 1. The second kappa shape index (κ2) is 7.70. The number of carbonyl (C=O) groups is 1. The highest BCUT2D eigenvalue weighted by atomic mass is 32.2. The minimum absolute atomic E-state index is 0.0580. The second-order valence-electron chi connectivity index (χ2n) is 6.18. The van der Waals surface area contributed by atoms with Gasteiger partial charge in [0.25, 0.3) is 0 Å². The summed E-state index contributed by atoms with van der Waals surface area (Å²) in [5, 5.41) is 2.86. The van der Waals surface area contributed by atoms with Crippen molar-refractivity contribution in [3.05, 3.63) is 60.2 Å². The van der Waals surface area contributed by atoms with E-state index in [0.717, 1.165) is 12.8 Å². The van der Waals surface area contributed by atoms with Gasteiger partial charge in [-0.05, 0) is 43.0 Å². The Kier molecular flexibility index (Phi) is 5.38. The molecule has 1 N–H and O–H groups in total. The molecule has 2 aromatic rings. The van der Waals surface area contributed by atoms with Crippen LogP contribution in [0.3, 0.4) is 0 Å².